The lowest BCUT2D eigenvalue weighted by Gasteiger charge is -2.13. The van der Waals surface area contributed by atoms with Gasteiger partial charge in [0.15, 0.2) is 0 Å². The van der Waals surface area contributed by atoms with Gasteiger partial charge in [0, 0.05) is 13.7 Å². The molecule has 0 aromatic carbocycles. The molecule has 1 atom stereocenters. The molecule has 0 spiro atoms. The summed E-state index contributed by atoms with van der Waals surface area (Å²) in [5.74, 6) is 0. The number of nitriles is 1. The van der Waals surface area contributed by atoms with Gasteiger partial charge < -0.3 is 18.7 Å². The number of rotatable bonds is 11. The first-order chi connectivity index (χ1) is 7.85. The van der Waals surface area contributed by atoms with Crippen molar-refractivity contribution in [2.45, 2.75) is 32.1 Å². The zero-order valence-electron chi connectivity index (χ0n) is 9.72. The normalized spacial score (nSPS) is 12.3. The summed E-state index contributed by atoms with van der Waals surface area (Å²) in [6.45, 7) is 1.20. The Labute approximate surface area is 98.3 Å². The zero-order chi connectivity index (χ0) is 12.1. The highest BCUT2D eigenvalue weighted by Gasteiger charge is 2.09. The maximum absolute atomic E-state index is 8.58. The van der Waals surface area contributed by atoms with Gasteiger partial charge in [0.2, 0.25) is 0 Å². The van der Waals surface area contributed by atoms with E-state index in [4.69, 9.17) is 23.9 Å². The summed E-state index contributed by atoms with van der Waals surface area (Å²) in [5.41, 5.74) is 0. The maximum atomic E-state index is 8.58. The van der Waals surface area contributed by atoms with Crippen molar-refractivity contribution in [3.8, 4) is 6.07 Å². The smallest absolute Gasteiger partial charge is 0.332 e. The number of hydrogen-bond donors (Lipinski definition) is 1. The van der Waals surface area contributed by atoms with Crippen LogP contribution in [0.1, 0.15) is 32.1 Å². The van der Waals surface area contributed by atoms with Crippen LogP contribution in [0.25, 0.3) is 0 Å². The average Bonchev–Trinajstić information content (AvgIpc) is 2.31. The summed E-state index contributed by atoms with van der Waals surface area (Å²) in [5, 5.41) is 16.9. The van der Waals surface area contributed by atoms with E-state index < -0.39 is 8.60 Å². The number of nitrogens with zero attached hydrogens (tertiary/aromatic N) is 1. The van der Waals surface area contributed by atoms with E-state index >= 15 is 0 Å². The second-order valence-electron chi connectivity index (χ2n) is 3.12. The van der Waals surface area contributed by atoms with E-state index in [0.29, 0.717) is 19.6 Å². The molecule has 0 radical (unpaired) electrons. The minimum absolute atomic E-state index is 0.253. The fourth-order valence-electron chi connectivity index (χ4n) is 1.02. The largest absolute Gasteiger partial charge is 0.396 e. The summed E-state index contributed by atoms with van der Waals surface area (Å²) in [4.78, 5) is 0. The third kappa shape index (κ3) is 10.3. The predicted molar refractivity (Wildman–Crippen MR) is 61.6 cm³/mol. The molecule has 0 aliphatic carbocycles. The molecule has 1 unspecified atom stereocenters. The first kappa shape index (κ1) is 15.8. The van der Waals surface area contributed by atoms with Gasteiger partial charge >= 0.3 is 8.60 Å². The molecule has 0 aromatic rings. The first-order valence-electron chi connectivity index (χ1n) is 5.43. The van der Waals surface area contributed by atoms with Crippen LogP contribution in [0.3, 0.4) is 0 Å². The van der Waals surface area contributed by atoms with Crippen LogP contribution < -0.4 is 0 Å². The van der Waals surface area contributed by atoms with Gasteiger partial charge in [-0.1, -0.05) is 12.8 Å². The second-order valence-corrected chi connectivity index (χ2v) is 4.45. The van der Waals surface area contributed by atoms with Gasteiger partial charge in [0.05, 0.1) is 25.7 Å². The van der Waals surface area contributed by atoms with Crippen molar-refractivity contribution in [2.24, 2.45) is 0 Å². The molecule has 5 nitrogen and oxygen atoms in total. The number of aliphatic hydroxyl groups excluding tert-OH is 1. The zero-order valence-corrected chi connectivity index (χ0v) is 10.6. The Morgan fingerprint density at radius 3 is 2.44 bits per heavy atom. The molecule has 0 bridgehead atoms. The lowest BCUT2D eigenvalue weighted by Crippen LogP contribution is -1.96. The molecule has 0 aliphatic rings. The highest BCUT2D eigenvalue weighted by Crippen LogP contribution is 2.38. The molecule has 0 saturated carbocycles. The summed E-state index contributed by atoms with van der Waals surface area (Å²) >= 11 is 0. The van der Waals surface area contributed by atoms with Gasteiger partial charge in [-0.15, -0.1) is 0 Å². The number of unbranched alkanes of at least 4 members (excludes halogenated alkanes) is 3. The lowest BCUT2D eigenvalue weighted by molar-refractivity contribution is 0.180. The molecule has 0 saturated heterocycles. The Morgan fingerprint density at radius 1 is 1.12 bits per heavy atom. The summed E-state index contributed by atoms with van der Waals surface area (Å²) < 4.78 is 15.6. The fourth-order valence-corrected chi connectivity index (χ4v) is 1.82. The highest BCUT2D eigenvalue weighted by atomic mass is 31.2. The van der Waals surface area contributed by atoms with Gasteiger partial charge in [-0.05, 0) is 12.8 Å². The van der Waals surface area contributed by atoms with Crippen molar-refractivity contribution in [2.75, 3.05) is 26.9 Å². The van der Waals surface area contributed by atoms with Crippen LogP contribution in [0, 0.1) is 11.3 Å². The third-order valence-electron chi connectivity index (χ3n) is 1.81. The summed E-state index contributed by atoms with van der Waals surface area (Å²) in [6, 6.07) is 1.99. The van der Waals surface area contributed by atoms with Crippen molar-refractivity contribution in [1.29, 1.82) is 5.26 Å². The molecule has 16 heavy (non-hydrogen) atoms. The topological polar surface area (TPSA) is 71.7 Å². The third-order valence-corrected chi connectivity index (χ3v) is 2.89. The lowest BCUT2D eigenvalue weighted by atomic mass is 10.2. The van der Waals surface area contributed by atoms with Crippen molar-refractivity contribution in [3.63, 3.8) is 0 Å². The van der Waals surface area contributed by atoms with Crippen LogP contribution >= 0.6 is 8.60 Å². The monoisotopic (exact) mass is 249 g/mol. The molecule has 94 valence electrons. The van der Waals surface area contributed by atoms with Gasteiger partial charge in [-0.2, -0.15) is 5.26 Å². The Morgan fingerprint density at radius 2 is 1.81 bits per heavy atom. The van der Waals surface area contributed by atoms with E-state index in [2.05, 4.69) is 0 Å². The van der Waals surface area contributed by atoms with E-state index in [-0.39, 0.29) is 6.61 Å². The van der Waals surface area contributed by atoms with E-state index in [1.54, 1.807) is 0 Å². The van der Waals surface area contributed by atoms with Crippen LogP contribution in [0.2, 0.25) is 0 Å². The molecule has 6 heteroatoms. The Hall–Kier alpha value is -0.240. The molecular formula is C10H20NO4P. The van der Waals surface area contributed by atoms with Crippen molar-refractivity contribution in [1.82, 2.24) is 0 Å². The van der Waals surface area contributed by atoms with E-state index in [1.165, 1.54) is 7.11 Å². The van der Waals surface area contributed by atoms with Gasteiger partial charge in [-0.25, -0.2) is 0 Å². The van der Waals surface area contributed by atoms with E-state index in [1.807, 2.05) is 6.07 Å². The van der Waals surface area contributed by atoms with Crippen LogP contribution in [-0.4, -0.2) is 32.0 Å². The maximum Gasteiger partial charge on any atom is 0.332 e. The van der Waals surface area contributed by atoms with Gasteiger partial charge in [0.25, 0.3) is 0 Å². The molecule has 0 aliphatic heterocycles. The molecule has 0 amide bonds. The molecule has 0 heterocycles. The molecule has 0 fully saturated rings. The quantitative estimate of drug-likeness (QED) is 0.449. The summed E-state index contributed by atoms with van der Waals surface area (Å²) in [7, 11) is 0.237. The van der Waals surface area contributed by atoms with Crippen LogP contribution in [0.5, 0.6) is 0 Å². The highest BCUT2D eigenvalue weighted by molar-refractivity contribution is 7.41. The number of hydrogen-bond acceptors (Lipinski definition) is 5. The van der Waals surface area contributed by atoms with Gasteiger partial charge in [0.1, 0.15) is 0 Å². The molecule has 0 aromatic heterocycles. The minimum Gasteiger partial charge on any atom is -0.396 e. The summed E-state index contributed by atoms with van der Waals surface area (Å²) in [6.07, 6.45) is 4.18. The van der Waals surface area contributed by atoms with E-state index in [9.17, 15) is 0 Å². The van der Waals surface area contributed by atoms with Crippen molar-refractivity contribution >= 4 is 8.60 Å². The predicted octanol–water partition coefficient (Wildman–Crippen LogP) is 2.36. The average molecular weight is 249 g/mol. The standard InChI is InChI=1S/C10H20NO4P/c1-13-16(15-10-6-7-11)14-9-5-3-2-4-8-12/h12H,2-6,8-10H2,1H3. The Kier molecular flexibility index (Phi) is 12.6. The Bertz CT molecular complexity index is 186. The van der Waals surface area contributed by atoms with E-state index in [0.717, 1.165) is 25.7 Å². The second kappa shape index (κ2) is 12.8. The van der Waals surface area contributed by atoms with Crippen molar-refractivity contribution < 1.29 is 18.7 Å². The Balaban J connectivity index is 3.30. The van der Waals surface area contributed by atoms with Crippen LogP contribution in [0.4, 0.5) is 0 Å². The minimum atomic E-state index is -1.30. The SMILES string of the molecule is COP(OCCC#N)OCCCCCCO. The van der Waals surface area contributed by atoms with Crippen LogP contribution in [0.15, 0.2) is 0 Å². The van der Waals surface area contributed by atoms with Crippen LogP contribution in [-0.2, 0) is 13.6 Å². The molecular weight excluding hydrogens is 229 g/mol. The fraction of sp³-hybridized carbons (Fsp3) is 0.900. The van der Waals surface area contributed by atoms with Gasteiger partial charge in [-0.3, -0.25) is 0 Å². The first-order valence-corrected chi connectivity index (χ1v) is 6.52. The molecule has 1 N–H and O–H groups in total. The molecule has 0 rings (SSSR count). The van der Waals surface area contributed by atoms with Crippen molar-refractivity contribution in [3.05, 3.63) is 0 Å². The number of aliphatic hydroxyl groups is 1.